The summed E-state index contributed by atoms with van der Waals surface area (Å²) in [5, 5.41) is 2.46. The van der Waals surface area contributed by atoms with Gasteiger partial charge in [-0.25, -0.2) is 4.98 Å². The summed E-state index contributed by atoms with van der Waals surface area (Å²) < 4.78 is 5.45. The SMILES string of the molecule is O=[C]NCCCc1nc2ncccc2o1. The van der Waals surface area contributed by atoms with Crippen LogP contribution >= 0.6 is 0 Å². The zero-order chi connectivity index (χ0) is 10.5. The molecule has 0 aliphatic carbocycles. The van der Waals surface area contributed by atoms with Gasteiger partial charge in [0.15, 0.2) is 17.1 Å². The molecule has 0 aromatic carbocycles. The van der Waals surface area contributed by atoms with Crippen molar-refractivity contribution < 1.29 is 9.21 Å². The number of aryl methyl sites for hydroxylation is 1. The van der Waals surface area contributed by atoms with Crippen molar-refractivity contribution in [2.75, 3.05) is 6.54 Å². The van der Waals surface area contributed by atoms with E-state index in [1.54, 1.807) is 18.7 Å². The predicted octanol–water partition coefficient (Wildman–Crippen LogP) is 0.812. The van der Waals surface area contributed by atoms with E-state index in [-0.39, 0.29) is 0 Å². The number of amides is 1. The fourth-order valence-electron chi connectivity index (χ4n) is 1.30. The summed E-state index contributed by atoms with van der Waals surface area (Å²) in [4.78, 5) is 18.1. The van der Waals surface area contributed by atoms with Crippen LogP contribution in [0.5, 0.6) is 0 Å². The minimum absolute atomic E-state index is 0.579. The van der Waals surface area contributed by atoms with Crippen LogP contribution in [0.15, 0.2) is 22.7 Å². The molecule has 0 atom stereocenters. The Morgan fingerprint density at radius 1 is 1.53 bits per heavy atom. The van der Waals surface area contributed by atoms with Gasteiger partial charge in [-0.15, -0.1) is 0 Å². The van der Waals surface area contributed by atoms with E-state index in [0.717, 1.165) is 6.42 Å². The molecule has 2 aromatic rings. The third kappa shape index (κ3) is 2.31. The van der Waals surface area contributed by atoms with Crippen molar-refractivity contribution in [1.29, 1.82) is 0 Å². The minimum Gasteiger partial charge on any atom is -0.439 e. The highest BCUT2D eigenvalue weighted by Gasteiger charge is 2.04. The van der Waals surface area contributed by atoms with Crippen LogP contribution in [0.1, 0.15) is 12.3 Å². The number of nitrogens with zero attached hydrogens (tertiary/aromatic N) is 2. The second-order valence-corrected chi connectivity index (χ2v) is 3.07. The van der Waals surface area contributed by atoms with E-state index in [1.165, 1.54) is 0 Å². The number of fused-ring (bicyclic) bond motifs is 1. The molecule has 0 aliphatic heterocycles. The summed E-state index contributed by atoms with van der Waals surface area (Å²) in [7, 11) is 0. The molecule has 1 N–H and O–H groups in total. The van der Waals surface area contributed by atoms with Crippen LogP contribution in [0.2, 0.25) is 0 Å². The number of rotatable bonds is 5. The van der Waals surface area contributed by atoms with Gasteiger partial charge in [0.25, 0.3) is 0 Å². The number of hydrogen-bond donors (Lipinski definition) is 1. The van der Waals surface area contributed by atoms with Crippen LogP contribution < -0.4 is 5.32 Å². The molecular formula is C10H10N3O2. The third-order valence-electron chi connectivity index (χ3n) is 1.97. The molecule has 77 valence electrons. The highest BCUT2D eigenvalue weighted by atomic mass is 16.3. The molecule has 1 radical (unpaired) electrons. The summed E-state index contributed by atoms with van der Waals surface area (Å²) >= 11 is 0. The lowest BCUT2D eigenvalue weighted by Gasteiger charge is -1.93. The average Bonchev–Trinajstić information content (AvgIpc) is 2.67. The smallest absolute Gasteiger partial charge is 0.309 e. The van der Waals surface area contributed by atoms with E-state index in [4.69, 9.17) is 4.42 Å². The Morgan fingerprint density at radius 2 is 2.47 bits per heavy atom. The Balaban J connectivity index is 1.99. The van der Waals surface area contributed by atoms with Crippen LogP contribution in [0.4, 0.5) is 0 Å². The Morgan fingerprint density at radius 3 is 3.27 bits per heavy atom. The lowest BCUT2D eigenvalue weighted by Crippen LogP contribution is -2.12. The summed E-state index contributed by atoms with van der Waals surface area (Å²) in [6, 6.07) is 3.64. The Labute approximate surface area is 86.5 Å². The summed E-state index contributed by atoms with van der Waals surface area (Å²) in [5.41, 5.74) is 1.32. The first-order valence-corrected chi connectivity index (χ1v) is 4.70. The van der Waals surface area contributed by atoms with Gasteiger partial charge in [0.05, 0.1) is 0 Å². The molecule has 0 spiro atoms. The maximum atomic E-state index is 9.87. The zero-order valence-corrected chi connectivity index (χ0v) is 8.06. The summed E-state index contributed by atoms with van der Waals surface area (Å²) in [5.74, 6) is 0.649. The topological polar surface area (TPSA) is 68.0 Å². The maximum absolute atomic E-state index is 9.87. The van der Waals surface area contributed by atoms with Gasteiger partial charge in [0.1, 0.15) is 0 Å². The van der Waals surface area contributed by atoms with Crippen LogP contribution in [0, 0.1) is 0 Å². The standard InChI is InChI=1S/C10H10N3O2/c14-7-11-5-2-4-9-13-10-8(15-9)3-1-6-12-10/h1,3,6H,2,4-5H2,(H,11,14). The molecule has 5 nitrogen and oxygen atoms in total. The number of carbonyl (C=O) groups excluding carboxylic acids is 1. The quantitative estimate of drug-likeness (QED) is 0.578. The molecule has 2 heterocycles. The predicted molar refractivity (Wildman–Crippen MR) is 53.8 cm³/mol. The molecule has 15 heavy (non-hydrogen) atoms. The molecule has 0 saturated heterocycles. The van der Waals surface area contributed by atoms with E-state index < -0.39 is 0 Å². The van der Waals surface area contributed by atoms with Gasteiger partial charge in [-0.05, 0) is 18.6 Å². The van der Waals surface area contributed by atoms with Crippen molar-refractivity contribution in [3.63, 3.8) is 0 Å². The van der Waals surface area contributed by atoms with Gasteiger partial charge >= 0.3 is 6.41 Å². The van der Waals surface area contributed by atoms with E-state index in [1.807, 2.05) is 6.07 Å². The van der Waals surface area contributed by atoms with Crippen LogP contribution in [0.3, 0.4) is 0 Å². The highest BCUT2D eigenvalue weighted by Crippen LogP contribution is 2.12. The lowest BCUT2D eigenvalue weighted by atomic mass is 10.3. The second kappa shape index (κ2) is 4.54. The van der Waals surface area contributed by atoms with Crippen LogP contribution in [-0.2, 0) is 11.2 Å². The maximum Gasteiger partial charge on any atom is 0.309 e. The Hall–Kier alpha value is -1.91. The van der Waals surface area contributed by atoms with Crippen LogP contribution in [-0.4, -0.2) is 22.9 Å². The molecule has 0 aliphatic rings. The van der Waals surface area contributed by atoms with Crippen molar-refractivity contribution in [2.45, 2.75) is 12.8 Å². The number of oxazole rings is 1. The van der Waals surface area contributed by atoms with Gasteiger partial charge in [0, 0.05) is 19.2 Å². The first-order chi connectivity index (χ1) is 7.40. The van der Waals surface area contributed by atoms with Crippen molar-refractivity contribution in [3.05, 3.63) is 24.2 Å². The summed E-state index contributed by atoms with van der Waals surface area (Å²) in [6.45, 7) is 0.579. The number of nitrogens with one attached hydrogen (secondary N) is 1. The number of pyridine rings is 1. The molecule has 2 aromatic heterocycles. The third-order valence-corrected chi connectivity index (χ3v) is 1.97. The first-order valence-electron chi connectivity index (χ1n) is 4.70. The molecule has 0 saturated carbocycles. The molecular weight excluding hydrogens is 194 g/mol. The highest BCUT2D eigenvalue weighted by molar-refractivity contribution is 5.66. The molecule has 2 rings (SSSR count). The molecule has 0 unspecified atom stereocenters. The van der Waals surface area contributed by atoms with Crippen LogP contribution in [0.25, 0.3) is 11.2 Å². The average molecular weight is 204 g/mol. The molecule has 0 fully saturated rings. The zero-order valence-electron chi connectivity index (χ0n) is 8.06. The van der Waals surface area contributed by atoms with Crippen molar-refractivity contribution in [1.82, 2.24) is 15.3 Å². The first kappa shape index (κ1) is 9.64. The molecule has 0 bridgehead atoms. The van der Waals surface area contributed by atoms with Gasteiger partial charge in [-0.2, -0.15) is 4.98 Å². The van der Waals surface area contributed by atoms with E-state index in [9.17, 15) is 4.79 Å². The van der Waals surface area contributed by atoms with Gasteiger partial charge in [-0.1, -0.05) is 0 Å². The monoisotopic (exact) mass is 204 g/mol. The fourth-order valence-corrected chi connectivity index (χ4v) is 1.30. The normalized spacial score (nSPS) is 10.4. The van der Waals surface area contributed by atoms with E-state index in [2.05, 4.69) is 15.3 Å². The van der Waals surface area contributed by atoms with E-state index >= 15 is 0 Å². The van der Waals surface area contributed by atoms with Gasteiger partial charge < -0.3 is 9.73 Å². The Kier molecular flexibility index (Phi) is 2.92. The second-order valence-electron chi connectivity index (χ2n) is 3.07. The lowest BCUT2D eigenvalue weighted by molar-refractivity contribution is 0.511. The largest absolute Gasteiger partial charge is 0.439 e. The molecule has 1 amide bonds. The van der Waals surface area contributed by atoms with Crippen molar-refractivity contribution in [2.24, 2.45) is 0 Å². The minimum atomic E-state index is 0.579. The molecule has 5 heteroatoms. The van der Waals surface area contributed by atoms with Gasteiger partial charge in [0.2, 0.25) is 0 Å². The van der Waals surface area contributed by atoms with Gasteiger partial charge in [-0.3, -0.25) is 4.79 Å². The van der Waals surface area contributed by atoms with Crippen molar-refractivity contribution >= 4 is 17.6 Å². The number of hydrogen-bond acceptors (Lipinski definition) is 4. The van der Waals surface area contributed by atoms with Crippen molar-refractivity contribution in [3.8, 4) is 0 Å². The fraction of sp³-hybridized carbons (Fsp3) is 0.300. The Bertz CT molecular complexity index is 420. The number of aromatic nitrogens is 2. The van der Waals surface area contributed by atoms with E-state index in [0.29, 0.717) is 30.1 Å². The summed E-state index contributed by atoms with van der Waals surface area (Å²) in [6.07, 6.45) is 4.76.